The van der Waals surface area contributed by atoms with Crippen LogP contribution >= 0.6 is 0 Å². The lowest BCUT2D eigenvalue weighted by atomic mass is 10.00. The Kier molecular flexibility index (Phi) is 3.81. The van der Waals surface area contributed by atoms with E-state index < -0.39 is 0 Å². The van der Waals surface area contributed by atoms with Gasteiger partial charge in [-0.25, -0.2) is 0 Å². The summed E-state index contributed by atoms with van der Waals surface area (Å²) < 4.78 is 5.09. The maximum Gasteiger partial charge on any atom is 0.0516 e. The second kappa shape index (κ2) is 4.73. The van der Waals surface area contributed by atoms with Crippen molar-refractivity contribution >= 4 is 0 Å². The Labute approximate surface area is 63.8 Å². The molecule has 0 saturated carbocycles. The Hall–Kier alpha value is -0.0400. The molecule has 1 fully saturated rings. The van der Waals surface area contributed by atoms with Crippen LogP contribution in [0.5, 0.6) is 0 Å². The predicted octanol–water partition coefficient (Wildman–Crippen LogP) is 2.60. The molecule has 10 heavy (non-hydrogen) atoms. The Bertz CT molecular complexity index is 76.8. The van der Waals surface area contributed by atoms with E-state index in [9.17, 15) is 0 Å². The van der Waals surface area contributed by atoms with Crippen molar-refractivity contribution in [2.75, 3.05) is 13.2 Å². The van der Waals surface area contributed by atoms with Crippen molar-refractivity contribution in [1.29, 1.82) is 0 Å². The summed E-state index contributed by atoms with van der Waals surface area (Å²) in [4.78, 5) is 0. The summed E-state index contributed by atoms with van der Waals surface area (Å²) in [6, 6.07) is 0. The number of hydrogen-bond donors (Lipinski definition) is 0. The van der Waals surface area contributed by atoms with Crippen LogP contribution in [0, 0.1) is 5.92 Å². The molecule has 1 heteroatoms. The zero-order valence-electron chi connectivity index (χ0n) is 6.94. The van der Waals surface area contributed by atoms with Gasteiger partial charge < -0.3 is 4.74 Å². The summed E-state index contributed by atoms with van der Waals surface area (Å²) in [7, 11) is 0. The molecule has 0 aromatic heterocycles. The first kappa shape index (κ1) is 8.06. The van der Waals surface area contributed by atoms with E-state index in [1.807, 2.05) is 0 Å². The van der Waals surface area contributed by atoms with E-state index in [1.165, 1.54) is 32.1 Å². The molecule has 1 aliphatic heterocycles. The van der Waals surface area contributed by atoms with Crippen LogP contribution in [0.4, 0.5) is 0 Å². The van der Waals surface area contributed by atoms with Crippen LogP contribution in [-0.2, 0) is 4.74 Å². The van der Waals surface area contributed by atoms with Crippen LogP contribution in [0.1, 0.15) is 39.0 Å². The molecular weight excluding hydrogens is 124 g/mol. The first-order valence-corrected chi connectivity index (χ1v) is 4.51. The van der Waals surface area contributed by atoms with Gasteiger partial charge in [-0.1, -0.05) is 32.6 Å². The van der Waals surface area contributed by atoms with Crippen LogP contribution in [0.25, 0.3) is 0 Å². The van der Waals surface area contributed by atoms with Gasteiger partial charge in [-0.3, -0.25) is 0 Å². The summed E-state index contributed by atoms with van der Waals surface area (Å²) in [6.45, 7) is 4.32. The number of hydrogen-bond acceptors (Lipinski definition) is 1. The highest BCUT2D eigenvalue weighted by atomic mass is 16.5. The van der Waals surface area contributed by atoms with Crippen LogP contribution in [0.3, 0.4) is 0 Å². The Balaban J connectivity index is 1.76. The summed E-state index contributed by atoms with van der Waals surface area (Å²) in [6.07, 6.45) is 7.00. The summed E-state index contributed by atoms with van der Waals surface area (Å²) in [5.41, 5.74) is 0. The lowest BCUT2D eigenvalue weighted by Crippen LogP contribution is -2.27. The molecule has 0 aliphatic carbocycles. The van der Waals surface area contributed by atoms with Crippen molar-refractivity contribution < 1.29 is 4.74 Å². The minimum absolute atomic E-state index is 0.914. The molecule has 60 valence electrons. The van der Waals surface area contributed by atoms with E-state index in [4.69, 9.17) is 4.74 Å². The van der Waals surface area contributed by atoms with Crippen molar-refractivity contribution in [2.45, 2.75) is 39.0 Å². The zero-order chi connectivity index (χ0) is 7.23. The Morgan fingerprint density at radius 2 is 2.00 bits per heavy atom. The van der Waals surface area contributed by atoms with Gasteiger partial charge in [0.2, 0.25) is 0 Å². The van der Waals surface area contributed by atoms with Crippen molar-refractivity contribution in [3.63, 3.8) is 0 Å². The van der Waals surface area contributed by atoms with Crippen molar-refractivity contribution in [1.82, 2.24) is 0 Å². The van der Waals surface area contributed by atoms with Gasteiger partial charge in [0.1, 0.15) is 0 Å². The van der Waals surface area contributed by atoms with E-state index in [-0.39, 0.29) is 0 Å². The summed E-state index contributed by atoms with van der Waals surface area (Å²) in [5.74, 6) is 0.914. The molecule has 1 saturated heterocycles. The highest BCUT2D eigenvalue weighted by molar-refractivity contribution is 4.64. The van der Waals surface area contributed by atoms with Gasteiger partial charge in [0.25, 0.3) is 0 Å². The molecule has 0 atom stereocenters. The minimum Gasteiger partial charge on any atom is -0.381 e. The van der Waals surface area contributed by atoms with E-state index in [1.54, 1.807) is 0 Å². The van der Waals surface area contributed by atoms with Gasteiger partial charge in [0.15, 0.2) is 0 Å². The normalized spacial score (nSPS) is 18.9. The first-order valence-electron chi connectivity index (χ1n) is 4.51. The van der Waals surface area contributed by atoms with E-state index in [0.717, 1.165) is 19.1 Å². The zero-order valence-corrected chi connectivity index (χ0v) is 6.94. The Morgan fingerprint density at radius 1 is 1.20 bits per heavy atom. The second-order valence-corrected chi connectivity index (χ2v) is 3.25. The number of ether oxygens (including phenoxy) is 1. The van der Waals surface area contributed by atoms with Gasteiger partial charge in [0.05, 0.1) is 13.2 Å². The van der Waals surface area contributed by atoms with Crippen LogP contribution in [0.2, 0.25) is 0 Å². The summed E-state index contributed by atoms with van der Waals surface area (Å²) >= 11 is 0. The van der Waals surface area contributed by atoms with E-state index in [0.29, 0.717) is 0 Å². The average molecular weight is 142 g/mol. The third-order valence-corrected chi connectivity index (χ3v) is 2.17. The first-order chi connectivity index (χ1) is 4.93. The van der Waals surface area contributed by atoms with Crippen LogP contribution in [0.15, 0.2) is 0 Å². The molecular formula is C9H18O. The minimum atomic E-state index is 0.914. The molecule has 0 bridgehead atoms. The number of rotatable bonds is 5. The molecule has 0 unspecified atom stereocenters. The third-order valence-electron chi connectivity index (χ3n) is 2.17. The fourth-order valence-corrected chi connectivity index (χ4v) is 1.31. The molecule has 0 aromatic carbocycles. The topological polar surface area (TPSA) is 9.23 Å². The summed E-state index contributed by atoms with van der Waals surface area (Å²) in [5, 5.41) is 0. The van der Waals surface area contributed by atoms with Crippen LogP contribution < -0.4 is 0 Å². The lowest BCUT2D eigenvalue weighted by Gasteiger charge is -2.25. The molecule has 1 heterocycles. The smallest absolute Gasteiger partial charge is 0.0516 e. The second-order valence-electron chi connectivity index (χ2n) is 3.25. The standard InChI is InChI=1S/C9H18O/c1-2-3-4-5-6-9-7-10-8-9/h9H,2-8H2,1H3. The highest BCUT2D eigenvalue weighted by Crippen LogP contribution is 2.17. The molecule has 0 radical (unpaired) electrons. The van der Waals surface area contributed by atoms with Crippen molar-refractivity contribution in [3.05, 3.63) is 0 Å². The van der Waals surface area contributed by atoms with Gasteiger partial charge in [-0.15, -0.1) is 0 Å². The van der Waals surface area contributed by atoms with E-state index >= 15 is 0 Å². The number of unbranched alkanes of at least 4 members (excludes halogenated alkanes) is 3. The maximum absolute atomic E-state index is 5.09. The molecule has 1 rings (SSSR count). The van der Waals surface area contributed by atoms with Crippen LogP contribution in [-0.4, -0.2) is 13.2 Å². The van der Waals surface area contributed by atoms with Gasteiger partial charge >= 0.3 is 0 Å². The predicted molar refractivity (Wildman–Crippen MR) is 43.1 cm³/mol. The largest absolute Gasteiger partial charge is 0.381 e. The van der Waals surface area contributed by atoms with Gasteiger partial charge in [-0.05, 0) is 6.42 Å². The molecule has 1 nitrogen and oxygen atoms in total. The third kappa shape index (κ3) is 2.70. The highest BCUT2D eigenvalue weighted by Gasteiger charge is 2.16. The van der Waals surface area contributed by atoms with Crippen molar-refractivity contribution in [2.24, 2.45) is 5.92 Å². The maximum atomic E-state index is 5.09. The average Bonchev–Trinajstić information content (AvgIpc) is 1.84. The van der Waals surface area contributed by atoms with Crippen molar-refractivity contribution in [3.8, 4) is 0 Å². The quantitative estimate of drug-likeness (QED) is 0.536. The fourth-order valence-electron chi connectivity index (χ4n) is 1.31. The van der Waals surface area contributed by atoms with Gasteiger partial charge in [-0.2, -0.15) is 0 Å². The molecule has 0 amide bonds. The molecule has 0 aromatic rings. The Morgan fingerprint density at radius 3 is 2.50 bits per heavy atom. The molecule has 0 N–H and O–H groups in total. The van der Waals surface area contributed by atoms with Gasteiger partial charge in [0, 0.05) is 5.92 Å². The molecule has 0 spiro atoms. The lowest BCUT2D eigenvalue weighted by molar-refractivity contribution is -0.0364. The monoisotopic (exact) mass is 142 g/mol. The van der Waals surface area contributed by atoms with E-state index in [2.05, 4.69) is 6.92 Å². The fraction of sp³-hybridized carbons (Fsp3) is 1.00. The SMILES string of the molecule is CCCCCCC1COC1. The molecule has 1 aliphatic rings.